The van der Waals surface area contributed by atoms with Gasteiger partial charge in [0.2, 0.25) is 5.91 Å². The summed E-state index contributed by atoms with van der Waals surface area (Å²) in [6.07, 6.45) is -4.67. The van der Waals surface area contributed by atoms with Crippen LogP contribution < -0.4 is 10.6 Å². The van der Waals surface area contributed by atoms with Crippen LogP contribution in [0.25, 0.3) is 0 Å². The van der Waals surface area contributed by atoms with Crippen molar-refractivity contribution in [2.24, 2.45) is 0 Å². The summed E-state index contributed by atoms with van der Waals surface area (Å²) in [5, 5.41) is 15.4. The highest BCUT2D eigenvalue weighted by Crippen LogP contribution is 2.15. The molecule has 0 bridgehead atoms. The number of alkyl halides is 3. The number of carbonyl (C=O) groups is 2. The average Bonchev–Trinajstić information content (AvgIpc) is 2.32. The molecule has 0 fully saturated rings. The van der Waals surface area contributed by atoms with Gasteiger partial charge in [0, 0.05) is 19.2 Å². The third-order valence-electron chi connectivity index (χ3n) is 2.26. The van der Waals surface area contributed by atoms with E-state index >= 15 is 0 Å². The largest absolute Gasteiger partial charge is 0.471 e. The molecule has 0 rings (SSSR count). The van der Waals surface area contributed by atoms with Crippen LogP contribution >= 0.6 is 0 Å². The van der Waals surface area contributed by atoms with E-state index in [1.807, 2.05) is 0 Å². The van der Waals surface area contributed by atoms with Gasteiger partial charge in [0.1, 0.15) is 5.75 Å². The average molecular weight is 363 g/mol. The van der Waals surface area contributed by atoms with Crippen molar-refractivity contribution in [2.45, 2.75) is 31.9 Å². The van der Waals surface area contributed by atoms with Gasteiger partial charge in [-0.05, 0) is 6.42 Å². The predicted molar refractivity (Wildman–Crippen MR) is 71.2 cm³/mol. The monoisotopic (exact) mass is 363 g/mol. The first-order chi connectivity index (χ1) is 10.3. The lowest BCUT2D eigenvalue weighted by Gasteiger charge is -2.26. The van der Waals surface area contributed by atoms with E-state index in [1.165, 1.54) is 5.32 Å². The van der Waals surface area contributed by atoms with Gasteiger partial charge in [0.25, 0.3) is 5.91 Å². The van der Waals surface area contributed by atoms with Crippen LogP contribution in [-0.4, -0.2) is 57.5 Å². The summed E-state index contributed by atoms with van der Waals surface area (Å²) < 4.78 is 62.8. The SMILES string of the molecule is CCCOC([O])(CCNC(=O)C(F)(F)F)NC(=O)CS(C)(=O)=O. The van der Waals surface area contributed by atoms with Crippen LogP contribution in [0.3, 0.4) is 0 Å². The fourth-order valence-electron chi connectivity index (χ4n) is 1.37. The second-order valence-electron chi connectivity index (χ2n) is 4.72. The molecule has 1 atom stereocenters. The topological polar surface area (TPSA) is 121 Å². The summed E-state index contributed by atoms with van der Waals surface area (Å²) in [5.41, 5.74) is 0. The summed E-state index contributed by atoms with van der Waals surface area (Å²) >= 11 is 0. The second kappa shape index (κ2) is 8.45. The molecule has 0 saturated carbocycles. The Bertz CT molecular complexity index is 522. The molecular weight excluding hydrogens is 345 g/mol. The third kappa shape index (κ3) is 10.1. The zero-order chi connectivity index (χ0) is 18.3. The summed E-state index contributed by atoms with van der Waals surface area (Å²) in [6.45, 7) is 0.810. The smallest absolute Gasteiger partial charge is 0.348 e. The molecule has 12 heteroatoms. The molecule has 0 aliphatic rings. The number of nitrogens with one attached hydrogen (secondary N) is 2. The molecule has 1 radical (unpaired) electrons. The van der Waals surface area contributed by atoms with Crippen molar-refractivity contribution in [3.8, 4) is 0 Å². The molecule has 0 aliphatic heterocycles. The minimum absolute atomic E-state index is 0.115. The normalized spacial score (nSPS) is 14.9. The molecule has 2 N–H and O–H groups in total. The Labute approximate surface area is 131 Å². The Kier molecular flexibility index (Phi) is 7.94. The Morgan fingerprint density at radius 3 is 2.22 bits per heavy atom. The highest BCUT2D eigenvalue weighted by Gasteiger charge is 2.39. The van der Waals surface area contributed by atoms with Gasteiger partial charge in [-0.25, -0.2) is 8.42 Å². The number of amides is 2. The Morgan fingerprint density at radius 2 is 1.78 bits per heavy atom. The molecule has 0 aromatic rings. The number of rotatable bonds is 9. The quantitative estimate of drug-likeness (QED) is 0.546. The Hall–Kier alpha value is -1.40. The van der Waals surface area contributed by atoms with Gasteiger partial charge in [0.05, 0.1) is 6.61 Å². The van der Waals surface area contributed by atoms with Crippen molar-refractivity contribution >= 4 is 21.7 Å². The van der Waals surface area contributed by atoms with Crippen LogP contribution in [0.5, 0.6) is 0 Å². The van der Waals surface area contributed by atoms with Crippen molar-refractivity contribution in [3.63, 3.8) is 0 Å². The van der Waals surface area contributed by atoms with E-state index < -0.39 is 52.5 Å². The fraction of sp³-hybridized carbons (Fsp3) is 0.818. The number of hydrogen-bond donors (Lipinski definition) is 2. The van der Waals surface area contributed by atoms with Gasteiger partial charge in [-0.15, -0.1) is 0 Å². The van der Waals surface area contributed by atoms with Crippen molar-refractivity contribution < 1.29 is 41.0 Å². The number of carbonyl (C=O) groups excluding carboxylic acids is 2. The molecule has 0 aliphatic carbocycles. The fourth-order valence-corrected chi connectivity index (χ4v) is 1.91. The molecule has 135 valence electrons. The molecule has 23 heavy (non-hydrogen) atoms. The molecule has 0 heterocycles. The highest BCUT2D eigenvalue weighted by atomic mass is 32.2. The van der Waals surface area contributed by atoms with E-state index in [9.17, 15) is 36.3 Å². The minimum Gasteiger partial charge on any atom is -0.348 e. The first-order valence-electron chi connectivity index (χ1n) is 6.47. The summed E-state index contributed by atoms with van der Waals surface area (Å²) in [7, 11) is -3.69. The van der Waals surface area contributed by atoms with Crippen LogP contribution in [0, 0.1) is 0 Å². The van der Waals surface area contributed by atoms with Gasteiger partial charge in [0.15, 0.2) is 9.84 Å². The highest BCUT2D eigenvalue weighted by molar-refractivity contribution is 7.91. The number of halogens is 3. The first-order valence-corrected chi connectivity index (χ1v) is 8.53. The van der Waals surface area contributed by atoms with Gasteiger partial charge in [-0.1, -0.05) is 6.92 Å². The van der Waals surface area contributed by atoms with Gasteiger partial charge >= 0.3 is 12.1 Å². The lowest BCUT2D eigenvalue weighted by atomic mass is 10.3. The van der Waals surface area contributed by atoms with Gasteiger partial charge in [-0.2, -0.15) is 18.3 Å². The molecule has 0 aromatic carbocycles. The second-order valence-corrected chi connectivity index (χ2v) is 6.86. The van der Waals surface area contributed by atoms with E-state index in [0.29, 0.717) is 6.42 Å². The first kappa shape index (κ1) is 21.6. The lowest BCUT2D eigenvalue weighted by molar-refractivity contribution is -0.260. The Balaban J connectivity index is 4.71. The maximum Gasteiger partial charge on any atom is 0.471 e. The summed E-state index contributed by atoms with van der Waals surface area (Å²) in [5.74, 6) is -7.00. The molecule has 2 amide bonds. The standard InChI is InChI=1S/C11H18F3N2O6S/c1-3-6-22-10(19,16-8(17)7-23(2,20)21)4-5-15-9(18)11(12,13)14/h3-7H2,1-2H3,(H,15,18)(H,16,17). The van der Waals surface area contributed by atoms with Crippen molar-refractivity contribution in [1.29, 1.82) is 0 Å². The zero-order valence-corrected chi connectivity index (χ0v) is 13.3. The van der Waals surface area contributed by atoms with Crippen LogP contribution in [0.4, 0.5) is 13.2 Å². The Morgan fingerprint density at radius 1 is 1.22 bits per heavy atom. The van der Waals surface area contributed by atoms with E-state index in [0.717, 1.165) is 6.26 Å². The van der Waals surface area contributed by atoms with E-state index in [-0.39, 0.29) is 6.61 Å². The van der Waals surface area contributed by atoms with E-state index in [2.05, 4.69) is 0 Å². The predicted octanol–water partition coefficient (Wildman–Crippen LogP) is -0.273. The number of hydrogen-bond acceptors (Lipinski definition) is 5. The van der Waals surface area contributed by atoms with Crippen molar-refractivity contribution in [2.75, 3.05) is 25.2 Å². The molecule has 0 saturated heterocycles. The molecule has 0 spiro atoms. The molecular formula is C11H18F3N2O6S. The molecule has 0 aromatic heterocycles. The van der Waals surface area contributed by atoms with Crippen LogP contribution in [-0.2, 0) is 29.3 Å². The van der Waals surface area contributed by atoms with Crippen molar-refractivity contribution in [1.82, 2.24) is 10.6 Å². The third-order valence-corrected chi connectivity index (χ3v) is 3.05. The van der Waals surface area contributed by atoms with Crippen LogP contribution in [0.2, 0.25) is 0 Å². The zero-order valence-electron chi connectivity index (χ0n) is 12.5. The maximum atomic E-state index is 12.2. The van der Waals surface area contributed by atoms with E-state index in [4.69, 9.17) is 4.74 Å². The van der Waals surface area contributed by atoms with Crippen molar-refractivity contribution in [3.05, 3.63) is 0 Å². The number of ether oxygens (including phenoxy) is 1. The minimum atomic E-state index is -5.10. The number of sulfone groups is 1. The van der Waals surface area contributed by atoms with E-state index in [1.54, 1.807) is 12.2 Å². The molecule has 8 nitrogen and oxygen atoms in total. The molecule has 1 unspecified atom stereocenters. The summed E-state index contributed by atoms with van der Waals surface area (Å²) in [6, 6.07) is 0. The maximum absolute atomic E-state index is 12.2. The van der Waals surface area contributed by atoms with Gasteiger partial charge < -0.3 is 15.4 Å². The van der Waals surface area contributed by atoms with Crippen LogP contribution in [0.1, 0.15) is 19.8 Å². The lowest BCUT2D eigenvalue weighted by Crippen LogP contribution is -2.53. The van der Waals surface area contributed by atoms with Crippen LogP contribution in [0.15, 0.2) is 0 Å². The van der Waals surface area contributed by atoms with Gasteiger partial charge in [-0.3, -0.25) is 9.59 Å². The summed E-state index contributed by atoms with van der Waals surface area (Å²) in [4.78, 5) is 22.1.